The molecule has 7 nitrogen and oxygen atoms in total. The minimum Gasteiger partial charge on any atom is -0.497 e. The fraction of sp³-hybridized carbons (Fsp3) is 0.216. The number of ketones is 2. The standard InChI is InChI=1S/C37H32N2O5/c1-21-15-16-30-27(17-21)22(2)18-31-37(28-13-5-6-14-29(28)38-36(37)42)32(34(40)23-9-7-11-25(19-23)43-3)33(39(30)31)35(41)24-10-8-12-26(20-24)44-4/h5-20,31-33H,1-4H3,(H,38,42)/t31-,32+,33-,37+/m0/s1. The molecule has 3 aliphatic heterocycles. The molecule has 0 radical (unpaired) electrons. The van der Waals surface area contributed by atoms with Crippen LogP contribution in [0.4, 0.5) is 11.4 Å². The summed E-state index contributed by atoms with van der Waals surface area (Å²) >= 11 is 0. The second-order valence-electron chi connectivity index (χ2n) is 11.7. The number of nitrogens with one attached hydrogen (secondary N) is 1. The van der Waals surface area contributed by atoms with Crippen molar-refractivity contribution in [2.45, 2.75) is 31.3 Å². The van der Waals surface area contributed by atoms with E-state index >= 15 is 4.79 Å². The third-order valence-electron chi connectivity index (χ3n) is 9.39. The summed E-state index contributed by atoms with van der Waals surface area (Å²) in [5, 5.41) is 3.08. The first-order valence-electron chi connectivity index (χ1n) is 14.6. The Bertz CT molecular complexity index is 1890. The van der Waals surface area contributed by atoms with Gasteiger partial charge in [-0.1, -0.05) is 60.2 Å². The van der Waals surface area contributed by atoms with Crippen LogP contribution < -0.4 is 19.7 Å². The van der Waals surface area contributed by atoms with Gasteiger partial charge in [0.05, 0.1) is 26.2 Å². The summed E-state index contributed by atoms with van der Waals surface area (Å²) in [6.45, 7) is 4.05. The number of benzene rings is 4. The zero-order valence-corrected chi connectivity index (χ0v) is 25.0. The molecular formula is C37H32N2O5. The molecule has 0 bridgehead atoms. The van der Waals surface area contributed by atoms with Crippen LogP contribution in [0.3, 0.4) is 0 Å². The second kappa shape index (κ2) is 10.2. The summed E-state index contributed by atoms with van der Waals surface area (Å²) in [5.74, 6) is -0.877. The minimum absolute atomic E-state index is 0.260. The molecule has 0 saturated carbocycles. The summed E-state index contributed by atoms with van der Waals surface area (Å²) in [6, 6.07) is 25.9. The number of hydrogen-bond acceptors (Lipinski definition) is 6. The summed E-state index contributed by atoms with van der Waals surface area (Å²) < 4.78 is 10.9. The number of hydrogen-bond donors (Lipinski definition) is 1. The Labute approximate surface area is 256 Å². The SMILES string of the molecule is COc1cccc(C(=O)[C@@H]2[C@H](C(=O)c3cccc(OC)c3)[C@]3(C(=O)Nc4ccccc43)[C@@H]3C=C(C)c4cc(C)ccc4N23)c1. The number of carbonyl (C=O) groups excluding carboxylic acids is 3. The van der Waals surface area contributed by atoms with Crippen molar-refractivity contribution in [2.24, 2.45) is 5.92 Å². The Morgan fingerprint density at radius 1 is 0.795 bits per heavy atom. The van der Waals surface area contributed by atoms with Crippen molar-refractivity contribution in [1.29, 1.82) is 0 Å². The number of ether oxygens (including phenoxy) is 2. The number of fused-ring (bicyclic) bond motifs is 6. The Morgan fingerprint density at radius 2 is 1.45 bits per heavy atom. The number of aryl methyl sites for hydroxylation is 1. The minimum atomic E-state index is -1.39. The number of carbonyl (C=O) groups is 3. The molecule has 1 N–H and O–H groups in total. The van der Waals surface area contributed by atoms with Gasteiger partial charge in [-0.25, -0.2) is 0 Å². The first-order chi connectivity index (χ1) is 21.3. The van der Waals surface area contributed by atoms with Gasteiger partial charge in [0, 0.05) is 28.1 Å². The van der Waals surface area contributed by atoms with E-state index in [1.807, 2.05) is 55.1 Å². The lowest BCUT2D eigenvalue weighted by Crippen LogP contribution is -2.51. The van der Waals surface area contributed by atoms with E-state index in [2.05, 4.69) is 17.5 Å². The maximum Gasteiger partial charge on any atom is 0.238 e. The third-order valence-corrected chi connectivity index (χ3v) is 9.39. The Morgan fingerprint density at radius 3 is 2.14 bits per heavy atom. The van der Waals surface area contributed by atoms with Crippen LogP contribution >= 0.6 is 0 Å². The lowest BCUT2D eigenvalue weighted by Gasteiger charge is -2.39. The highest BCUT2D eigenvalue weighted by molar-refractivity contribution is 6.18. The van der Waals surface area contributed by atoms with Gasteiger partial charge in [-0.3, -0.25) is 14.4 Å². The normalized spacial score (nSPS) is 22.9. The topological polar surface area (TPSA) is 84.9 Å². The van der Waals surface area contributed by atoms with Gasteiger partial charge >= 0.3 is 0 Å². The number of rotatable bonds is 6. The molecule has 7 rings (SSSR count). The van der Waals surface area contributed by atoms with E-state index in [0.29, 0.717) is 33.9 Å². The van der Waals surface area contributed by atoms with Crippen molar-refractivity contribution < 1.29 is 23.9 Å². The van der Waals surface area contributed by atoms with E-state index in [4.69, 9.17) is 9.47 Å². The van der Waals surface area contributed by atoms with Crippen LogP contribution in [0.1, 0.15) is 44.3 Å². The quantitative estimate of drug-likeness (QED) is 0.270. The Kier molecular flexibility index (Phi) is 6.43. The highest BCUT2D eigenvalue weighted by atomic mass is 16.5. The van der Waals surface area contributed by atoms with Gasteiger partial charge in [-0.05, 0) is 67.4 Å². The van der Waals surface area contributed by atoms with Gasteiger partial charge in [0.1, 0.15) is 23.0 Å². The zero-order chi connectivity index (χ0) is 30.7. The summed E-state index contributed by atoms with van der Waals surface area (Å²) in [5.41, 5.74) is 4.60. The largest absolute Gasteiger partial charge is 0.497 e. The van der Waals surface area contributed by atoms with Gasteiger partial charge < -0.3 is 19.7 Å². The lowest BCUT2D eigenvalue weighted by atomic mass is 9.64. The molecule has 4 atom stereocenters. The number of methoxy groups -OCH3 is 2. The molecule has 0 unspecified atom stereocenters. The molecule has 3 heterocycles. The molecule has 1 amide bonds. The molecule has 0 aromatic heterocycles. The zero-order valence-electron chi connectivity index (χ0n) is 25.0. The van der Waals surface area contributed by atoms with Crippen LogP contribution in [0.25, 0.3) is 5.57 Å². The lowest BCUT2D eigenvalue weighted by molar-refractivity contribution is -0.121. The summed E-state index contributed by atoms with van der Waals surface area (Å²) in [6.07, 6.45) is 2.06. The number of nitrogens with zero attached hydrogens (tertiary/aromatic N) is 1. The summed E-state index contributed by atoms with van der Waals surface area (Å²) in [4.78, 5) is 46.6. The molecule has 4 aromatic carbocycles. The molecule has 7 heteroatoms. The van der Waals surface area contributed by atoms with Gasteiger partial charge in [0.15, 0.2) is 11.6 Å². The van der Waals surface area contributed by atoms with Crippen LogP contribution in [0.5, 0.6) is 11.5 Å². The Balaban J connectivity index is 1.55. The van der Waals surface area contributed by atoms with Crippen molar-refractivity contribution in [3.05, 3.63) is 125 Å². The molecular weight excluding hydrogens is 552 g/mol. The van der Waals surface area contributed by atoms with E-state index in [1.54, 1.807) is 62.8 Å². The predicted molar refractivity (Wildman–Crippen MR) is 170 cm³/mol. The first-order valence-corrected chi connectivity index (χ1v) is 14.6. The van der Waals surface area contributed by atoms with Gasteiger partial charge in [0.25, 0.3) is 0 Å². The highest BCUT2D eigenvalue weighted by Gasteiger charge is 2.70. The Hall–Kier alpha value is -5.17. The molecule has 220 valence electrons. The maximum atomic E-state index is 15.0. The van der Waals surface area contributed by atoms with Gasteiger partial charge in [-0.2, -0.15) is 0 Å². The van der Waals surface area contributed by atoms with E-state index in [-0.39, 0.29) is 17.5 Å². The van der Waals surface area contributed by atoms with Gasteiger partial charge in [0.2, 0.25) is 5.91 Å². The van der Waals surface area contributed by atoms with Crippen molar-refractivity contribution in [1.82, 2.24) is 0 Å². The van der Waals surface area contributed by atoms with Crippen molar-refractivity contribution in [2.75, 3.05) is 24.4 Å². The number of Topliss-reactive ketones (excluding diaryl/α,β-unsaturated/α-hetero) is 2. The number of anilines is 2. The molecule has 0 aliphatic carbocycles. The fourth-order valence-corrected chi connectivity index (χ4v) is 7.45. The molecule has 44 heavy (non-hydrogen) atoms. The number of allylic oxidation sites excluding steroid dienone is 1. The monoisotopic (exact) mass is 584 g/mol. The van der Waals surface area contributed by atoms with Crippen LogP contribution in [0.2, 0.25) is 0 Å². The van der Waals surface area contributed by atoms with E-state index in [9.17, 15) is 9.59 Å². The van der Waals surface area contributed by atoms with Crippen LogP contribution in [-0.2, 0) is 10.2 Å². The van der Waals surface area contributed by atoms with Crippen LogP contribution in [0, 0.1) is 12.8 Å². The second-order valence-corrected chi connectivity index (χ2v) is 11.7. The average Bonchev–Trinajstić information content (AvgIpc) is 3.52. The van der Waals surface area contributed by atoms with Crippen molar-refractivity contribution in [3.8, 4) is 11.5 Å². The average molecular weight is 585 g/mol. The van der Waals surface area contributed by atoms with E-state index in [1.165, 1.54) is 0 Å². The predicted octanol–water partition coefficient (Wildman–Crippen LogP) is 6.26. The first kappa shape index (κ1) is 27.7. The van der Waals surface area contributed by atoms with Gasteiger partial charge in [-0.15, -0.1) is 0 Å². The van der Waals surface area contributed by atoms with Crippen molar-refractivity contribution >= 4 is 34.4 Å². The maximum absolute atomic E-state index is 15.0. The molecule has 3 aliphatic rings. The number of para-hydroxylation sites is 1. The third kappa shape index (κ3) is 3.85. The molecule has 1 saturated heterocycles. The van der Waals surface area contributed by atoms with E-state index < -0.39 is 23.4 Å². The molecule has 4 aromatic rings. The van der Waals surface area contributed by atoms with Crippen LogP contribution in [0.15, 0.2) is 97.1 Å². The highest BCUT2D eigenvalue weighted by Crippen LogP contribution is 2.59. The molecule has 1 spiro atoms. The van der Waals surface area contributed by atoms with Crippen LogP contribution in [-0.4, -0.2) is 43.8 Å². The smallest absolute Gasteiger partial charge is 0.238 e. The summed E-state index contributed by atoms with van der Waals surface area (Å²) in [7, 11) is 3.10. The van der Waals surface area contributed by atoms with Crippen molar-refractivity contribution in [3.63, 3.8) is 0 Å². The fourth-order valence-electron chi connectivity index (χ4n) is 7.45. The van der Waals surface area contributed by atoms with E-state index in [0.717, 1.165) is 22.4 Å². The molecule has 1 fully saturated rings. The number of amides is 1.